The van der Waals surface area contributed by atoms with Crippen LogP contribution in [0.1, 0.15) is 319 Å². The van der Waals surface area contributed by atoms with Crippen molar-refractivity contribution in [1.29, 1.82) is 0 Å². The molecule has 506 valence electrons. The lowest BCUT2D eigenvalue weighted by Gasteiger charge is -2.36. The zero-order valence-electron chi connectivity index (χ0n) is 57.7. The zero-order chi connectivity index (χ0) is 67.8. The van der Waals surface area contributed by atoms with Gasteiger partial charge in [-0.3, -0.25) is 38.4 Å². The van der Waals surface area contributed by atoms with Crippen LogP contribution in [-0.2, 0) is 63.7 Å². The Bertz CT molecular complexity index is 2050. The molecule has 0 aliphatic carbocycles. The van der Waals surface area contributed by atoms with E-state index in [4.69, 9.17) is 43.7 Å². The second-order valence-corrected chi connectivity index (χ2v) is 29.4. The molecule has 2 amide bonds. The van der Waals surface area contributed by atoms with Gasteiger partial charge in [-0.1, -0.05) is 84.0 Å². The Balaban J connectivity index is 0.0000183. The highest BCUT2D eigenvalue weighted by Crippen LogP contribution is 2.32. The van der Waals surface area contributed by atoms with Crippen molar-refractivity contribution in [1.82, 2.24) is 10.6 Å². The van der Waals surface area contributed by atoms with Crippen molar-refractivity contribution in [3.8, 4) is 0 Å². The van der Waals surface area contributed by atoms with Gasteiger partial charge in [0.05, 0.1) is 5.09 Å². The zero-order valence-corrected chi connectivity index (χ0v) is 57.7. The van der Waals surface area contributed by atoms with Crippen molar-refractivity contribution < 1.29 is 76.4 Å². The number of unbranched alkanes of at least 4 members (excludes halogenated alkanes) is 13. The minimum absolute atomic E-state index is 0.0338. The Morgan fingerprint density at radius 3 is 0.761 bits per heavy atom. The number of nitrogens with zero attached hydrogens (tertiary/aromatic N) is 2. The third kappa shape index (κ3) is 44.5. The van der Waals surface area contributed by atoms with Gasteiger partial charge in [-0.05, 0) is 176 Å². The fourth-order valence-electron chi connectivity index (χ4n) is 9.66. The maximum atomic E-state index is 15.2. The van der Waals surface area contributed by atoms with Crippen molar-refractivity contribution >= 4 is 47.6 Å². The van der Waals surface area contributed by atoms with E-state index in [0.29, 0.717) is 6.54 Å². The number of carbonyl (C=O) groups is 8. The maximum Gasteiger partial charge on any atom is 0.306 e. The van der Waals surface area contributed by atoms with Gasteiger partial charge >= 0.3 is 35.8 Å². The summed E-state index contributed by atoms with van der Waals surface area (Å²) in [5.41, 5.74) is -7.59. The van der Waals surface area contributed by atoms with Gasteiger partial charge in [0.25, 0.3) is 11.8 Å². The summed E-state index contributed by atoms with van der Waals surface area (Å²) in [6, 6.07) is 1.44. The number of esters is 6. The molecule has 0 bridgehead atoms. The first-order chi connectivity index (χ1) is 40.2. The third-order valence-corrected chi connectivity index (χ3v) is 13.3. The number of rotatable bonds is 37. The largest absolute Gasteiger partial charge is 0.460 e. The summed E-state index contributed by atoms with van der Waals surface area (Å²) in [5, 5.41) is 21.1. The van der Waals surface area contributed by atoms with E-state index in [1.807, 2.05) is 0 Å². The number of nitrogens with one attached hydrogen (secondary N) is 2. The molecule has 0 fully saturated rings. The SMILES string of the molecule is CCCCCCCCCCCCCCCC[n+]1cc(C(=O)NC(CCC(=O)OC(C)(C)C)(CCC(=O)OC(C)(C)C)CCC(=O)OC(C)(C)C)cc(C(=O)NC(CCC(=O)OC(C)(C)C)(CCC(=O)OC(C)(C)C)CCC(=O)OC(C)(C)C)c1.O=[N+]([O-])[O-]. The predicted molar refractivity (Wildman–Crippen MR) is 338 cm³/mol. The minimum atomic E-state index is -1.75. The van der Waals surface area contributed by atoms with Crippen LogP contribution in [0, 0.1) is 15.3 Å². The van der Waals surface area contributed by atoms with Crippen molar-refractivity contribution in [2.75, 3.05) is 0 Å². The second-order valence-electron chi connectivity index (χ2n) is 29.4. The van der Waals surface area contributed by atoms with Crippen molar-refractivity contribution in [3.05, 3.63) is 44.9 Å². The molecule has 1 aromatic heterocycles. The van der Waals surface area contributed by atoms with Crippen LogP contribution in [-0.4, -0.2) is 97.4 Å². The Morgan fingerprint density at radius 1 is 0.375 bits per heavy atom. The fraction of sp³-hybridized carbons (Fsp3) is 0.806. The molecule has 0 saturated carbocycles. The summed E-state index contributed by atoms with van der Waals surface area (Å²) >= 11 is 0. The van der Waals surface area contributed by atoms with Gasteiger partial charge in [0.2, 0.25) is 0 Å². The number of pyridine rings is 1. The molecule has 1 rings (SSSR count). The smallest absolute Gasteiger partial charge is 0.306 e. The molecule has 0 saturated heterocycles. The molecule has 0 aliphatic heterocycles. The van der Waals surface area contributed by atoms with E-state index in [1.165, 1.54) is 63.9 Å². The van der Waals surface area contributed by atoms with Crippen LogP contribution in [0.3, 0.4) is 0 Å². The standard InChI is InChI=1S/C67H115N3O14.NO3/c1-20-21-22-23-24-25-26-27-28-29-30-31-32-33-46-70-48-50(58(77)68-66(40-34-52(71)79-60(2,3)4,41-35-53(72)80-61(5,6)7)42-36-54(73)81-62(8,9)10)47-51(49-70)59(78)69-67(43-37-55(74)82-63(11,12)13,44-38-56(75)83-64(14,15)16)45-39-57(76)84-65(17,18)19;2-1(3)4/h47-49H,20-46H2,1-19H3,(H-,68,69,77,78);/q;-1/p+1. The molecule has 0 atom stereocenters. The molecule has 0 unspecified atom stereocenters. The average Bonchev–Trinajstić information content (AvgIpc) is 1.37. The molecule has 0 aromatic carbocycles. The van der Waals surface area contributed by atoms with Crippen LogP contribution in [0.4, 0.5) is 0 Å². The van der Waals surface area contributed by atoms with Crippen molar-refractivity contribution in [2.45, 2.75) is 350 Å². The van der Waals surface area contributed by atoms with E-state index in [9.17, 15) is 28.8 Å². The quantitative estimate of drug-likeness (QED) is 0.0156. The minimum Gasteiger partial charge on any atom is -0.460 e. The third-order valence-electron chi connectivity index (χ3n) is 13.3. The fourth-order valence-corrected chi connectivity index (χ4v) is 9.66. The summed E-state index contributed by atoms with van der Waals surface area (Å²) in [7, 11) is 0. The van der Waals surface area contributed by atoms with Gasteiger partial charge in [-0.2, -0.15) is 0 Å². The van der Waals surface area contributed by atoms with Crippen LogP contribution in [0.2, 0.25) is 0 Å². The van der Waals surface area contributed by atoms with E-state index in [1.54, 1.807) is 142 Å². The van der Waals surface area contributed by atoms with E-state index in [2.05, 4.69) is 17.6 Å². The van der Waals surface area contributed by atoms with Crippen LogP contribution >= 0.6 is 0 Å². The highest BCUT2D eigenvalue weighted by molar-refractivity contribution is 5.99. The first-order valence-corrected chi connectivity index (χ1v) is 32.1. The molecular weight excluding hydrogens is 1130 g/mol. The number of aromatic nitrogens is 1. The monoisotopic (exact) mass is 1250 g/mol. The summed E-state index contributed by atoms with van der Waals surface area (Å²) in [4.78, 5) is 119. The van der Waals surface area contributed by atoms with Gasteiger partial charge in [-0.25, -0.2) is 4.57 Å². The highest BCUT2D eigenvalue weighted by Gasteiger charge is 2.39. The number of aryl methyl sites for hydroxylation is 1. The van der Waals surface area contributed by atoms with E-state index in [-0.39, 0.29) is 88.2 Å². The Hall–Kier alpha value is -5.89. The maximum absolute atomic E-state index is 15.2. The molecule has 1 aromatic rings. The summed E-state index contributed by atoms with van der Waals surface area (Å²) in [6.45, 7) is 34.1. The number of hydrogen-bond acceptors (Lipinski definition) is 17. The molecule has 1 heterocycles. The van der Waals surface area contributed by atoms with E-state index >= 15 is 9.59 Å². The first kappa shape index (κ1) is 82.1. The van der Waals surface area contributed by atoms with Crippen molar-refractivity contribution in [2.24, 2.45) is 0 Å². The lowest BCUT2D eigenvalue weighted by atomic mass is 9.83. The van der Waals surface area contributed by atoms with Crippen LogP contribution in [0.25, 0.3) is 0 Å². The molecular formula is C67H116N4O17. The number of amides is 2. The van der Waals surface area contributed by atoms with Gasteiger partial charge in [0.15, 0.2) is 12.4 Å². The number of hydrogen-bond donors (Lipinski definition) is 2. The van der Waals surface area contributed by atoms with Crippen LogP contribution in [0.5, 0.6) is 0 Å². The summed E-state index contributed by atoms with van der Waals surface area (Å²) in [6.07, 6.45) is 18.4. The average molecular weight is 1250 g/mol. The Kier molecular flexibility index (Phi) is 36.0. The molecule has 21 nitrogen and oxygen atoms in total. The summed E-state index contributed by atoms with van der Waals surface area (Å²) in [5.74, 6) is -4.58. The predicted octanol–water partition coefficient (Wildman–Crippen LogP) is 13.9. The van der Waals surface area contributed by atoms with E-state index < -0.39 is 97.4 Å². The lowest BCUT2D eigenvalue weighted by molar-refractivity contribution is -0.697. The molecule has 0 aliphatic rings. The van der Waals surface area contributed by atoms with Gasteiger partial charge in [0, 0.05) is 56.0 Å². The lowest BCUT2D eigenvalue weighted by Crippen LogP contribution is -2.51. The Labute approximate surface area is 527 Å². The second kappa shape index (κ2) is 38.6. The molecule has 88 heavy (non-hydrogen) atoms. The molecule has 0 spiro atoms. The molecule has 21 heteroatoms. The topological polar surface area (TPSA) is 286 Å². The molecule has 2 N–H and O–H groups in total. The normalized spacial score (nSPS) is 12.4. The first-order valence-electron chi connectivity index (χ1n) is 32.1. The Morgan fingerprint density at radius 2 is 0.568 bits per heavy atom. The summed E-state index contributed by atoms with van der Waals surface area (Å²) < 4.78 is 36.0. The van der Waals surface area contributed by atoms with E-state index in [0.717, 1.165) is 32.1 Å². The van der Waals surface area contributed by atoms with Crippen molar-refractivity contribution in [3.63, 3.8) is 0 Å². The van der Waals surface area contributed by atoms with Crippen LogP contribution < -0.4 is 15.2 Å². The molecule has 0 radical (unpaired) electrons. The van der Waals surface area contributed by atoms with Gasteiger partial charge in [0.1, 0.15) is 51.3 Å². The van der Waals surface area contributed by atoms with Gasteiger partial charge in [-0.15, -0.1) is 0 Å². The number of carbonyl (C=O) groups excluding carboxylic acids is 8. The van der Waals surface area contributed by atoms with Crippen LogP contribution in [0.15, 0.2) is 18.5 Å². The highest BCUT2D eigenvalue weighted by atomic mass is 16.9. The number of ether oxygens (including phenoxy) is 6. The van der Waals surface area contributed by atoms with Gasteiger partial charge < -0.3 is 54.4 Å².